The van der Waals surface area contributed by atoms with Crippen molar-refractivity contribution in [1.29, 1.82) is 0 Å². The molecule has 0 spiro atoms. The molecule has 0 aromatic heterocycles. The van der Waals surface area contributed by atoms with Gasteiger partial charge in [-0.05, 0) is 25.0 Å². The van der Waals surface area contributed by atoms with Crippen LogP contribution in [0.5, 0.6) is 0 Å². The van der Waals surface area contributed by atoms with Gasteiger partial charge in [0.2, 0.25) is 10.0 Å². The number of benzene rings is 1. The predicted octanol–water partition coefficient (Wildman–Crippen LogP) is 1.87. The molecule has 0 amide bonds. The molecule has 0 aliphatic carbocycles. The molecule has 0 radical (unpaired) electrons. The maximum Gasteiger partial charge on any atom is 0.240 e. The monoisotopic (exact) mass is 295 g/mol. The van der Waals surface area contributed by atoms with Crippen molar-refractivity contribution in [2.45, 2.75) is 11.8 Å². The molecule has 20 heavy (non-hydrogen) atoms. The van der Waals surface area contributed by atoms with E-state index >= 15 is 0 Å². The molecule has 1 rings (SSSR count). The van der Waals surface area contributed by atoms with Gasteiger partial charge < -0.3 is 5.11 Å². The topological polar surface area (TPSA) is 66.4 Å². The number of hydrogen-bond acceptors (Lipinski definition) is 3. The van der Waals surface area contributed by atoms with E-state index < -0.39 is 10.0 Å². The van der Waals surface area contributed by atoms with Gasteiger partial charge in [-0.1, -0.05) is 29.8 Å². The van der Waals surface area contributed by atoms with Crippen LogP contribution in [0.1, 0.15) is 5.56 Å². The van der Waals surface area contributed by atoms with E-state index in [0.717, 1.165) is 5.56 Å². The minimum atomic E-state index is -3.55. The molecule has 0 aliphatic rings. The Balaban J connectivity index is 2.78. The molecule has 0 heterocycles. The van der Waals surface area contributed by atoms with Crippen LogP contribution in [0.25, 0.3) is 0 Å². The van der Waals surface area contributed by atoms with Crippen LogP contribution in [0.4, 0.5) is 0 Å². The Morgan fingerprint density at radius 1 is 1.20 bits per heavy atom. The molecule has 110 valence electrons. The van der Waals surface area contributed by atoms with Crippen LogP contribution in [0.2, 0.25) is 0 Å². The molecule has 0 fully saturated rings. The standard InChI is InChI=1S/C15H21NO3S/c1-4-13(14(5-2)11-17)10-16-20(18,19)15-8-6-12(3)7-9-15/h4-9,13-14,16-17H,1-2,10-11H2,3H3/t13-,14-/m0/s1. The number of aliphatic hydroxyl groups excluding tert-OH is 1. The number of aliphatic hydroxyl groups is 1. The molecule has 1 aromatic carbocycles. The van der Waals surface area contributed by atoms with Crippen LogP contribution < -0.4 is 4.72 Å². The molecular formula is C15H21NO3S. The van der Waals surface area contributed by atoms with Gasteiger partial charge in [0.1, 0.15) is 0 Å². The predicted molar refractivity (Wildman–Crippen MR) is 80.8 cm³/mol. The Hall–Kier alpha value is -1.43. The van der Waals surface area contributed by atoms with Gasteiger partial charge in [-0.2, -0.15) is 0 Å². The van der Waals surface area contributed by atoms with Crippen molar-refractivity contribution >= 4 is 10.0 Å². The zero-order valence-electron chi connectivity index (χ0n) is 11.6. The highest BCUT2D eigenvalue weighted by Gasteiger charge is 2.19. The van der Waals surface area contributed by atoms with E-state index in [-0.39, 0.29) is 29.9 Å². The fourth-order valence-corrected chi connectivity index (χ4v) is 2.87. The van der Waals surface area contributed by atoms with Crippen molar-refractivity contribution in [2.24, 2.45) is 11.8 Å². The van der Waals surface area contributed by atoms with Crippen LogP contribution >= 0.6 is 0 Å². The van der Waals surface area contributed by atoms with E-state index in [9.17, 15) is 13.5 Å². The number of hydrogen-bond donors (Lipinski definition) is 2. The molecule has 2 atom stereocenters. The molecule has 0 aliphatic heterocycles. The normalized spacial score (nSPS) is 14.5. The van der Waals surface area contributed by atoms with Gasteiger partial charge in [-0.25, -0.2) is 13.1 Å². The molecule has 1 aromatic rings. The van der Waals surface area contributed by atoms with E-state index in [2.05, 4.69) is 17.9 Å². The van der Waals surface area contributed by atoms with Gasteiger partial charge in [0, 0.05) is 19.1 Å². The van der Waals surface area contributed by atoms with Crippen molar-refractivity contribution in [1.82, 2.24) is 4.72 Å². The number of sulfonamides is 1. The third-order valence-corrected chi connectivity index (χ3v) is 4.65. The summed E-state index contributed by atoms with van der Waals surface area (Å²) in [4.78, 5) is 0.227. The summed E-state index contributed by atoms with van der Waals surface area (Å²) in [6, 6.07) is 6.63. The van der Waals surface area contributed by atoms with E-state index in [1.807, 2.05) is 6.92 Å². The maximum absolute atomic E-state index is 12.1. The quantitative estimate of drug-likeness (QED) is 0.720. The molecule has 5 heteroatoms. The molecular weight excluding hydrogens is 274 g/mol. The molecule has 0 bridgehead atoms. The number of aryl methyl sites for hydroxylation is 1. The van der Waals surface area contributed by atoms with E-state index in [1.165, 1.54) is 0 Å². The summed E-state index contributed by atoms with van der Waals surface area (Å²) in [5, 5.41) is 9.21. The summed E-state index contributed by atoms with van der Waals surface area (Å²) >= 11 is 0. The average molecular weight is 295 g/mol. The van der Waals surface area contributed by atoms with Gasteiger partial charge in [0.05, 0.1) is 4.90 Å². The third-order valence-electron chi connectivity index (χ3n) is 3.21. The smallest absolute Gasteiger partial charge is 0.240 e. The highest BCUT2D eigenvalue weighted by atomic mass is 32.2. The highest BCUT2D eigenvalue weighted by molar-refractivity contribution is 7.89. The molecule has 0 saturated carbocycles. The first kappa shape index (κ1) is 16.6. The summed E-state index contributed by atoms with van der Waals surface area (Å²) < 4.78 is 26.8. The Bertz CT molecular complexity index is 549. The SMILES string of the molecule is C=C[C@@H](CO)[C@@H](C=C)CNS(=O)(=O)c1ccc(C)cc1. The summed E-state index contributed by atoms with van der Waals surface area (Å²) in [5.74, 6) is -0.411. The van der Waals surface area contributed by atoms with Gasteiger partial charge >= 0.3 is 0 Å². The van der Waals surface area contributed by atoms with E-state index in [0.29, 0.717) is 0 Å². The average Bonchev–Trinajstić information content (AvgIpc) is 2.44. The summed E-state index contributed by atoms with van der Waals surface area (Å²) in [6.07, 6.45) is 3.23. The largest absolute Gasteiger partial charge is 0.396 e. The minimum Gasteiger partial charge on any atom is -0.396 e. The lowest BCUT2D eigenvalue weighted by Gasteiger charge is -2.19. The fourth-order valence-electron chi connectivity index (χ4n) is 1.80. The number of rotatable bonds is 8. The molecule has 0 unspecified atom stereocenters. The van der Waals surface area contributed by atoms with Crippen molar-refractivity contribution in [3.05, 3.63) is 55.1 Å². The fraction of sp³-hybridized carbons (Fsp3) is 0.333. The second-order valence-corrected chi connectivity index (χ2v) is 6.41. The summed E-state index contributed by atoms with van der Waals surface area (Å²) in [6.45, 7) is 9.28. The lowest BCUT2D eigenvalue weighted by atomic mass is 9.93. The molecule has 0 saturated heterocycles. The second-order valence-electron chi connectivity index (χ2n) is 4.65. The minimum absolute atomic E-state index is 0.0908. The van der Waals surface area contributed by atoms with E-state index in [1.54, 1.807) is 36.4 Å². The van der Waals surface area contributed by atoms with Gasteiger partial charge in [-0.15, -0.1) is 13.2 Å². The first-order valence-electron chi connectivity index (χ1n) is 6.37. The molecule has 2 N–H and O–H groups in total. The van der Waals surface area contributed by atoms with Crippen LogP contribution in [0.15, 0.2) is 54.5 Å². The van der Waals surface area contributed by atoms with Crippen molar-refractivity contribution < 1.29 is 13.5 Å². The van der Waals surface area contributed by atoms with Crippen LogP contribution in [0.3, 0.4) is 0 Å². The summed E-state index contributed by atoms with van der Waals surface area (Å²) in [7, 11) is -3.55. The van der Waals surface area contributed by atoms with Gasteiger partial charge in [-0.3, -0.25) is 0 Å². The lowest BCUT2D eigenvalue weighted by molar-refractivity contribution is 0.225. The zero-order valence-corrected chi connectivity index (χ0v) is 12.4. The van der Waals surface area contributed by atoms with Crippen molar-refractivity contribution in [2.75, 3.05) is 13.2 Å². The maximum atomic E-state index is 12.1. The van der Waals surface area contributed by atoms with Gasteiger partial charge in [0.15, 0.2) is 0 Å². The van der Waals surface area contributed by atoms with Crippen molar-refractivity contribution in [3.8, 4) is 0 Å². The third kappa shape index (κ3) is 4.30. The zero-order chi connectivity index (χ0) is 15.2. The van der Waals surface area contributed by atoms with Crippen LogP contribution in [0, 0.1) is 18.8 Å². The first-order chi connectivity index (χ1) is 9.44. The Morgan fingerprint density at radius 2 is 1.75 bits per heavy atom. The van der Waals surface area contributed by atoms with Crippen LogP contribution in [-0.4, -0.2) is 26.7 Å². The Labute approximate surface area is 120 Å². The summed E-state index contributed by atoms with van der Waals surface area (Å²) in [5.41, 5.74) is 1.000. The Morgan fingerprint density at radius 3 is 2.20 bits per heavy atom. The van der Waals surface area contributed by atoms with Crippen LogP contribution in [-0.2, 0) is 10.0 Å². The first-order valence-corrected chi connectivity index (χ1v) is 7.85. The second kappa shape index (κ2) is 7.38. The Kier molecular flexibility index (Phi) is 6.13. The highest BCUT2D eigenvalue weighted by Crippen LogP contribution is 2.15. The van der Waals surface area contributed by atoms with Crippen molar-refractivity contribution in [3.63, 3.8) is 0 Å². The van der Waals surface area contributed by atoms with E-state index in [4.69, 9.17) is 0 Å². The lowest BCUT2D eigenvalue weighted by Crippen LogP contribution is -2.32. The number of nitrogens with one attached hydrogen (secondary N) is 1. The molecule has 4 nitrogen and oxygen atoms in total. The van der Waals surface area contributed by atoms with Gasteiger partial charge in [0.25, 0.3) is 0 Å².